The lowest BCUT2D eigenvalue weighted by atomic mass is 10.1. The molecule has 0 saturated carbocycles. The molecule has 5 nitrogen and oxygen atoms in total. The lowest BCUT2D eigenvalue weighted by Crippen LogP contribution is -2.13. The minimum Gasteiger partial charge on any atom is -0.444 e. The molecular weight excluding hydrogens is 342 g/mol. The van der Waals surface area contributed by atoms with Crippen molar-refractivity contribution in [3.05, 3.63) is 65.9 Å². The molecule has 0 aliphatic rings. The van der Waals surface area contributed by atoms with Gasteiger partial charge < -0.3 is 9.73 Å². The largest absolute Gasteiger partial charge is 0.444 e. The maximum absolute atomic E-state index is 12.8. The van der Waals surface area contributed by atoms with Gasteiger partial charge in [0.05, 0.1) is 11.8 Å². The third-order valence-corrected chi connectivity index (χ3v) is 3.16. The van der Waals surface area contributed by atoms with Crippen molar-refractivity contribution in [1.82, 2.24) is 9.97 Å². The maximum Gasteiger partial charge on any atom is 0.416 e. The Morgan fingerprint density at radius 1 is 1.08 bits per heavy atom. The van der Waals surface area contributed by atoms with Crippen LogP contribution in [0.25, 0.3) is 11.5 Å². The fraction of sp³-hybridized carbons (Fsp3) is 0.0625. The minimum atomic E-state index is -4.44. The number of alkyl halides is 3. The Kier molecular flexibility index (Phi) is 4.22. The Morgan fingerprint density at radius 2 is 1.80 bits per heavy atom. The number of nitrogens with zero attached hydrogens (tertiary/aromatic N) is 2. The molecule has 0 aliphatic carbocycles. The molecule has 0 bridgehead atoms. The number of halogens is 4. The fourth-order valence-corrected chi connectivity index (χ4v) is 1.94. The van der Waals surface area contributed by atoms with Gasteiger partial charge in [-0.15, -0.1) is 0 Å². The zero-order valence-corrected chi connectivity index (χ0v) is 12.3. The summed E-state index contributed by atoms with van der Waals surface area (Å²) >= 11 is 0. The van der Waals surface area contributed by atoms with E-state index < -0.39 is 23.5 Å². The standard InChI is InChI=1S/C16H9F4N3O2/c17-11-5-6-13(21-7-11)23-14(24)12-8-25-15(22-12)9-1-3-10(4-2-9)16(18,19)20/h1-8H,(H,21,23,24). The molecule has 9 heteroatoms. The number of nitrogens with one attached hydrogen (secondary N) is 1. The van der Waals surface area contributed by atoms with Crippen molar-refractivity contribution in [2.45, 2.75) is 6.18 Å². The molecule has 3 rings (SSSR count). The van der Waals surface area contributed by atoms with Crippen LogP contribution in [0.2, 0.25) is 0 Å². The first-order chi connectivity index (χ1) is 11.8. The normalized spacial score (nSPS) is 11.4. The summed E-state index contributed by atoms with van der Waals surface area (Å²) in [6.07, 6.45) is -2.44. The smallest absolute Gasteiger partial charge is 0.416 e. The van der Waals surface area contributed by atoms with Crippen molar-refractivity contribution in [2.75, 3.05) is 5.32 Å². The number of amides is 1. The summed E-state index contributed by atoms with van der Waals surface area (Å²) in [6.45, 7) is 0. The van der Waals surface area contributed by atoms with E-state index in [1.165, 1.54) is 18.2 Å². The highest BCUT2D eigenvalue weighted by Gasteiger charge is 2.30. The van der Waals surface area contributed by atoms with Crippen molar-refractivity contribution in [2.24, 2.45) is 0 Å². The zero-order valence-electron chi connectivity index (χ0n) is 12.3. The Balaban J connectivity index is 1.75. The van der Waals surface area contributed by atoms with Crippen molar-refractivity contribution < 1.29 is 26.8 Å². The molecule has 25 heavy (non-hydrogen) atoms. The molecule has 1 N–H and O–H groups in total. The summed E-state index contributed by atoms with van der Waals surface area (Å²) in [5.41, 5.74) is -0.615. The predicted octanol–water partition coefficient (Wildman–Crippen LogP) is 4.15. The molecule has 1 amide bonds. The monoisotopic (exact) mass is 351 g/mol. The number of benzene rings is 1. The van der Waals surface area contributed by atoms with Gasteiger partial charge in [-0.1, -0.05) is 0 Å². The van der Waals surface area contributed by atoms with E-state index in [9.17, 15) is 22.4 Å². The van der Waals surface area contributed by atoms with E-state index in [1.807, 2.05) is 0 Å². The highest BCUT2D eigenvalue weighted by atomic mass is 19.4. The minimum absolute atomic E-state index is 0.00839. The number of hydrogen-bond donors (Lipinski definition) is 1. The van der Waals surface area contributed by atoms with Gasteiger partial charge in [0.2, 0.25) is 5.89 Å². The Bertz CT molecular complexity index is 887. The van der Waals surface area contributed by atoms with E-state index >= 15 is 0 Å². The number of pyridine rings is 1. The average Bonchev–Trinajstić information content (AvgIpc) is 3.06. The van der Waals surface area contributed by atoms with E-state index in [0.29, 0.717) is 0 Å². The number of rotatable bonds is 3. The molecule has 0 spiro atoms. The Hall–Kier alpha value is -3.23. The molecule has 3 aromatic rings. The molecule has 0 unspecified atom stereocenters. The van der Waals surface area contributed by atoms with E-state index in [1.54, 1.807) is 0 Å². The van der Waals surface area contributed by atoms with Crippen LogP contribution in [0.5, 0.6) is 0 Å². The van der Waals surface area contributed by atoms with E-state index in [-0.39, 0.29) is 23.0 Å². The molecule has 1 aromatic carbocycles. The SMILES string of the molecule is O=C(Nc1ccc(F)cn1)c1coc(-c2ccc(C(F)(F)F)cc2)n1. The van der Waals surface area contributed by atoms with E-state index in [2.05, 4.69) is 15.3 Å². The summed E-state index contributed by atoms with van der Waals surface area (Å²) in [7, 11) is 0. The molecular formula is C16H9F4N3O2. The third-order valence-electron chi connectivity index (χ3n) is 3.16. The van der Waals surface area contributed by atoms with Gasteiger partial charge in [0.1, 0.15) is 17.9 Å². The van der Waals surface area contributed by atoms with Crippen LogP contribution in [0, 0.1) is 5.82 Å². The van der Waals surface area contributed by atoms with Gasteiger partial charge in [0, 0.05) is 5.56 Å². The number of carbonyl (C=O) groups excluding carboxylic acids is 1. The van der Waals surface area contributed by atoms with Gasteiger partial charge >= 0.3 is 6.18 Å². The maximum atomic E-state index is 12.8. The molecule has 2 heterocycles. The predicted molar refractivity (Wildman–Crippen MR) is 79.1 cm³/mol. The van der Waals surface area contributed by atoms with Crippen LogP contribution < -0.4 is 5.32 Å². The van der Waals surface area contributed by atoms with Crippen LogP contribution in [-0.4, -0.2) is 15.9 Å². The first kappa shape index (κ1) is 16.6. The van der Waals surface area contributed by atoms with Crippen molar-refractivity contribution in [3.63, 3.8) is 0 Å². The zero-order chi connectivity index (χ0) is 18.0. The Morgan fingerprint density at radius 3 is 2.40 bits per heavy atom. The summed E-state index contributed by atoms with van der Waals surface area (Å²) in [4.78, 5) is 19.6. The van der Waals surface area contributed by atoms with Crippen LogP contribution in [-0.2, 0) is 6.18 Å². The van der Waals surface area contributed by atoms with Crippen LogP contribution in [0.4, 0.5) is 23.4 Å². The van der Waals surface area contributed by atoms with Crippen molar-refractivity contribution in [1.29, 1.82) is 0 Å². The number of aromatic nitrogens is 2. The lowest BCUT2D eigenvalue weighted by Gasteiger charge is -2.06. The summed E-state index contributed by atoms with van der Waals surface area (Å²) in [6, 6.07) is 6.56. The van der Waals surface area contributed by atoms with Gasteiger partial charge in [0.15, 0.2) is 5.69 Å². The Labute approximate surface area is 138 Å². The van der Waals surface area contributed by atoms with Crippen molar-refractivity contribution >= 4 is 11.7 Å². The van der Waals surface area contributed by atoms with Crippen LogP contribution in [0.3, 0.4) is 0 Å². The second-order valence-electron chi connectivity index (χ2n) is 4.93. The molecule has 0 aliphatic heterocycles. The highest BCUT2D eigenvalue weighted by molar-refractivity contribution is 6.02. The van der Waals surface area contributed by atoms with E-state index in [0.717, 1.165) is 30.7 Å². The second kappa shape index (κ2) is 6.34. The van der Waals surface area contributed by atoms with Crippen molar-refractivity contribution in [3.8, 4) is 11.5 Å². The van der Waals surface area contributed by atoms with Gasteiger partial charge in [0.25, 0.3) is 5.91 Å². The first-order valence-corrected chi connectivity index (χ1v) is 6.89. The second-order valence-corrected chi connectivity index (χ2v) is 4.93. The van der Waals surface area contributed by atoms with E-state index in [4.69, 9.17) is 4.42 Å². The van der Waals surface area contributed by atoms with Gasteiger partial charge in [-0.3, -0.25) is 4.79 Å². The number of anilines is 1. The lowest BCUT2D eigenvalue weighted by molar-refractivity contribution is -0.137. The fourth-order valence-electron chi connectivity index (χ4n) is 1.94. The molecule has 0 fully saturated rings. The quantitative estimate of drug-likeness (QED) is 0.720. The van der Waals surface area contributed by atoms with Gasteiger partial charge in [-0.25, -0.2) is 14.4 Å². The molecule has 0 saturated heterocycles. The number of carbonyl (C=O) groups is 1. The van der Waals surface area contributed by atoms with Gasteiger partial charge in [-0.2, -0.15) is 13.2 Å². The summed E-state index contributed by atoms with van der Waals surface area (Å²) < 4.78 is 55.5. The summed E-state index contributed by atoms with van der Waals surface area (Å²) in [5.74, 6) is -1.10. The average molecular weight is 351 g/mol. The summed E-state index contributed by atoms with van der Waals surface area (Å²) in [5, 5.41) is 2.39. The highest BCUT2D eigenvalue weighted by Crippen LogP contribution is 2.30. The van der Waals surface area contributed by atoms with Crippen LogP contribution >= 0.6 is 0 Å². The molecule has 0 atom stereocenters. The van der Waals surface area contributed by atoms with Gasteiger partial charge in [-0.05, 0) is 36.4 Å². The topological polar surface area (TPSA) is 68.0 Å². The molecule has 0 radical (unpaired) electrons. The van der Waals surface area contributed by atoms with Crippen LogP contribution in [0.1, 0.15) is 16.1 Å². The number of hydrogen-bond acceptors (Lipinski definition) is 4. The third kappa shape index (κ3) is 3.82. The molecule has 2 aromatic heterocycles. The first-order valence-electron chi connectivity index (χ1n) is 6.89. The van der Waals surface area contributed by atoms with Crippen LogP contribution in [0.15, 0.2) is 53.3 Å². The molecule has 128 valence electrons. The number of oxazole rings is 1.